The number of rotatable bonds is 5. The number of aromatic nitrogens is 3. The zero-order valence-corrected chi connectivity index (χ0v) is 13.5. The van der Waals surface area contributed by atoms with Crippen LogP contribution in [0.4, 0.5) is 8.78 Å². The van der Waals surface area contributed by atoms with Crippen LogP contribution in [0.2, 0.25) is 0 Å². The Labute approximate surface area is 144 Å². The minimum atomic E-state index is -0.990. The molecule has 1 aliphatic heterocycles. The molecule has 1 fully saturated rings. The van der Waals surface area contributed by atoms with E-state index >= 15 is 0 Å². The maximum Gasteiger partial charge on any atom is 0.183 e. The Morgan fingerprint density at radius 2 is 2.33 bits per heavy atom. The molecule has 2 radical (unpaired) electrons. The molecule has 0 N–H and O–H groups in total. The van der Waals surface area contributed by atoms with Gasteiger partial charge in [0, 0.05) is 17.5 Å². The van der Waals surface area contributed by atoms with Gasteiger partial charge in [-0.1, -0.05) is 18.3 Å². The summed E-state index contributed by atoms with van der Waals surface area (Å²) in [4.78, 5) is 3.84. The Balaban J connectivity index is 1.89. The van der Waals surface area contributed by atoms with Crippen molar-refractivity contribution in [3.63, 3.8) is 0 Å². The van der Waals surface area contributed by atoms with Gasteiger partial charge in [0.2, 0.25) is 0 Å². The molecule has 0 spiro atoms. The lowest BCUT2D eigenvalue weighted by Crippen LogP contribution is -2.32. The Bertz CT molecular complexity index is 732. The molecule has 0 unspecified atom stereocenters. The van der Waals surface area contributed by atoms with Crippen LogP contribution in [0.5, 0.6) is 0 Å². The van der Waals surface area contributed by atoms with Crippen LogP contribution in [0.15, 0.2) is 30.9 Å². The van der Waals surface area contributed by atoms with Gasteiger partial charge in [-0.2, -0.15) is 5.10 Å². The third-order valence-electron chi connectivity index (χ3n) is 3.98. The Morgan fingerprint density at radius 3 is 3.00 bits per heavy atom. The predicted octanol–water partition coefficient (Wildman–Crippen LogP) is 1.96. The summed E-state index contributed by atoms with van der Waals surface area (Å²) in [5.74, 6) is -1.33. The number of thiocarbonyl (C=S) groups is 1. The largest absolute Gasteiger partial charge is 0.498 e. The van der Waals surface area contributed by atoms with E-state index in [0.29, 0.717) is 13.0 Å². The summed E-state index contributed by atoms with van der Waals surface area (Å²) in [6.07, 6.45) is 3.36. The molecule has 0 aliphatic carbocycles. The van der Waals surface area contributed by atoms with Gasteiger partial charge in [0.05, 0.1) is 24.7 Å². The van der Waals surface area contributed by atoms with Gasteiger partial charge < -0.3 is 9.47 Å². The average Bonchev–Trinajstić information content (AvgIpc) is 3.16. The van der Waals surface area contributed by atoms with Gasteiger partial charge in [0.1, 0.15) is 29.9 Å². The first-order chi connectivity index (χ1) is 11.5. The number of benzene rings is 1. The van der Waals surface area contributed by atoms with Crippen molar-refractivity contribution in [3.8, 4) is 0 Å². The molecule has 2 heterocycles. The van der Waals surface area contributed by atoms with Crippen molar-refractivity contribution in [1.29, 1.82) is 0 Å². The van der Waals surface area contributed by atoms with Crippen LogP contribution in [-0.4, -0.2) is 40.8 Å². The Morgan fingerprint density at radius 1 is 1.50 bits per heavy atom. The van der Waals surface area contributed by atoms with Crippen molar-refractivity contribution in [2.75, 3.05) is 13.2 Å². The highest BCUT2D eigenvalue weighted by atomic mass is 32.1. The van der Waals surface area contributed by atoms with Crippen molar-refractivity contribution < 1.29 is 18.3 Å². The number of nitrogens with zero attached hydrogens (tertiary/aromatic N) is 3. The van der Waals surface area contributed by atoms with E-state index in [1.165, 1.54) is 24.8 Å². The van der Waals surface area contributed by atoms with Gasteiger partial charge in [-0.3, -0.25) is 0 Å². The topological polar surface area (TPSA) is 49.2 Å². The summed E-state index contributed by atoms with van der Waals surface area (Å²) in [6, 6.07) is 3.46. The number of hydrogen-bond acceptors (Lipinski definition) is 5. The molecule has 0 amide bonds. The fraction of sp³-hybridized carbons (Fsp3) is 0.400. The highest BCUT2D eigenvalue weighted by Crippen LogP contribution is 2.41. The van der Waals surface area contributed by atoms with Crippen molar-refractivity contribution in [1.82, 2.24) is 14.8 Å². The zero-order valence-electron chi connectivity index (χ0n) is 12.7. The molecule has 24 heavy (non-hydrogen) atoms. The number of halogens is 2. The highest BCUT2D eigenvalue weighted by Gasteiger charge is 2.44. The van der Waals surface area contributed by atoms with Crippen LogP contribution in [0.1, 0.15) is 12.0 Å². The first-order valence-corrected chi connectivity index (χ1v) is 7.73. The summed E-state index contributed by atoms with van der Waals surface area (Å²) in [5.41, 5.74) is -0.715. The van der Waals surface area contributed by atoms with E-state index in [0.717, 1.165) is 6.07 Å². The molecule has 2 atom stereocenters. The molecule has 0 saturated carbocycles. The lowest BCUT2D eigenvalue weighted by atomic mass is 9.87. The lowest BCUT2D eigenvalue weighted by molar-refractivity contribution is -0.0206. The normalized spacial score (nSPS) is 23.3. The smallest absolute Gasteiger partial charge is 0.183 e. The van der Waals surface area contributed by atoms with Crippen LogP contribution in [0, 0.1) is 17.6 Å². The minimum Gasteiger partial charge on any atom is -0.498 e. The summed E-state index contributed by atoms with van der Waals surface area (Å²) in [5, 5.41) is 4.05. The average molecular weight is 349 g/mol. The van der Waals surface area contributed by atoms with E-state index in [-0.39, 0.29) is 29.6 Å². The van der Waals surface area contributed by atoms with Gasteiger partial charge in [0.15, 0.2) is 7.85 Å². The first-order valence-electron chi connectivity index (χ1n) is 7.33. The van der Waals surface area contributed by atoms with E-state index in [1.54, 1.807) is 4.68 Å². The molecular weight excluding hydrogens is 335 g/mol. The zero-order chi connectivity index (χ0) is 17.2. The Hall–Kier alpha value is -1.87. The summed E-state index contributed by atoms with van der Waals surface area (Å²) < 4.78 is 40.3. The van der Waals surface area contributed by atoms with Gasteiger partial charge >= 0.3 is 0 Å². The first kappa shape index (κ1) is 17.0. The summed E-state index contributed by atoms with van der Waals surface area (Å²) in [7, 11) is 5.34. The standard InChI is InChI=1S/C15H14BF2N3O2S/c16-14(24)22-5-10-4-15(23-6-10,7-21-9-19-8-20-21)12-2-1-11(17)3-13(12)18/h1-3,8-10H,4-7H2/t10-,15-/m0/s1. The lowest BCUT2D eigenvalue weighted by Gasteiger charge is -2.29. The van der Waals surface area contributed by atoms with E-state index in [2.05, 4.69) is 10.1 Å². The Kier molecular flexibility index (Phi) is 4.91. The SMILES string of the molecule is [B]C(=S)OC[C@H]1CO[C@@](Cn2cncn2)(c2ccc(F)cc2F)C1. The molecule has 9 heteroatoms. The second kappa shape index (κ2) is 6.94. The van der Waals surface area contributed by atoms with Crippen LogP contribution < -0.4 is 0 Å². The third-order valence-corrected chi connectivity index (χ3v) is 4.10. The quantitative estimate of drug-likeness (QED) is 0.610. The molecule has 1 aliphatic rings. The van der Waals surface area contributed by atoms with E-state index in [1.807, 2.05) is 0 Å². The van der Waals surface area contributed by atoms with Crippen LogP contribution in [-0.2, 0) is 21.6 Å². The summed E-state index contributed by atoms with van der Waals surface area (Å²) >= 11 is 4.70. The van der Waals surface area contributed by atoms with E-state index in [9.17, 15) is 8.78 Å². The van der Waals surface area contributed by atoms with Gasteiger partial charge in [0.25, 0.3) is 0 Å². The number of ether oxygens (including phenoxy) is 2. The molecule has 1 saturated heterocycles. The maximum absolute atomic E-state index is 14.4. The molecule has 3 rings (SSSR count). The highest BCUT2D eigenvalue weighted by molar-refractivity contribution is 7.82. The second-order valence-corrected chi connectivity index (χ2v) is 6.13. The van der Waals surface area contributed by atoms with Crippen molar-refractivity contribution in [3.05, 3.63) is 48.1 Å². The molecular formula is C15H14BF2N3O2S. The van der Waals surface area contributed by atoms with Crippen LogP contribution in [0.25, 0.3) is 0 Å². The molecule has 124 valence electrons. The van der Waals surface area contributed by atoms with Gasteiger partial charge in [-0.05, 0) is 12.5 Å². The van der Waals surface area contributed by atoms with Crippen molar-refractivity contribution in [2.45, 2.75) is 18.6 Å². The third kappa shape index (κ3) is 3.62. The molecule has 1 aromatic carbocycles. The van der Waals surface area contributed by atoms with Crippen LogP contribution >= 0.6 is 12.2 Å². The predicted molar refractivity (Wildman–Crippen MR) is 86.4 cm³/mol. The van der Waals surface area contributed by atoms with Crippen molar-refractivity contribution in [2.24, 2.45) is 5.92 Å². The summed E-state index contributed by atoms with van der Waals surface area (Å²) in [6.45, 7) is 0.866. The molecule has 0 bridgehead atoms. The maximum atomic E-state index is 14.4. The van der Waals surface area contributed by atoms with Crippen LogP contribution in [0.3, 0.4) is 0 Å². The number of hydrogen-bond donors (Lipinski definition) is 0. The van der Waals surface area contributed by atoms with Gasteiger partial charge in [-0.15, -0.1) is 0 Å². The van der Waals surface area contributed by atoms with E-state index in [4.69, 9.17) is 29.5 Å². The molecule has 5 nitrogen and oxygen atoms in total. The van der Waals surface area contributed by atoms with E-state index < -0.39 is 17.2 Å². The van der Waals surface area contributed by atoms with Crippen molar-refractivity contribution >= 4 is 25.0 Å². The fourth-order valence-electron chi connectivity index (χ4n) is 2.99. The molecule has 1 aromatic heterocycles. The minimum absolute atomic E-state index is 0.0283. The molecule has 2 aromatic rings. The fourth-order valence-corrected chi connectivity index (χ4v) is 3.05. The second-order valence-electron chi connectivity index (χ2n) is 5.72. The van der Waals surface area contributed by atoms with Gasteiger partial charge in [-0.25, -0.2) is 18.4 Å². The monoisotopic (exact) mass is 349 g/mol.